The van der Waals surface area contributed by atoms with E-state index in [4.69, 9.17) is 4.74 Å². The standard InChI is InChI=1S/C13H17BrN2O2/c1-2-16(8-10-5-6-18-9-10)13(17)11-3-4-12(14)15-7-11/h3-4,7,10H,2,5-6,8-9H2,1H3. The number of aromatic nitrogens is 1. The van der Waals surface area contributed by atoms with E-state index in [0.29, 0.717) is 18.0 Å². The maximum absolute atomic E-state index is 12.3. The molecule has 1 fully saturated rings. The molecule has 1 amide bonds. The molecule has 1 saturated heterocycles. The van der Waals surface area contributed by atoms with Crippen molar-refractivity contribution in [2.45, 2.75) is 13.3 Å². The van der Waals surface area contributed by atoms with Crippen molar-refractivity contribution in [1.29, 1.82) is 0 Å². The topological polar surface area (TPSA) is 42.4 Å². The Bertz CT molecular complexity index is 402. The summed E-state index contributed by atoms with van der Waals surface area (Å²) in [5, 5.41) is 0. The van der Waals surface area contributed by atoms with Crippen LogP contribution >= 0.6 is 15.9 Å². The van der Waals surface area contributed by atoms with E-state index in [1.54, 1.807) is 18.3 Å². The molecule has 0 saturated carbocycles. The highest BCUT2D eigenvalue weighted by atomic mass is 79.9. The summed E-state index contributed by atoms with van der Waals surface area (Å²) in [6.45, 7) is 5.06. The average molecular weight is 313 g/mol. The van der Waals surface area contributed by atoms with Crippen molar-refractivity contribution in [3.63, 3.8) is 0 Å². The largest absolute Gasteiger partial charge is 0.381 e. The molecule has 5 heteroatoms. The van der Waals surface area contributed by atoms with E-state index in [-0.39, 0.29) is 5.91 Å². The van der Waals surface area contributed by atoms with Gasteiger partial charge < -0.3 is 9.64 Å². The summed E-state index contributed by atoms with van der Waals surface area (Å²) >= 11 is 3.27. The van der Waals surface area contributed by atoms with E-state index in [1.165, 1.54) is 0 Å². The van der Waals surface area contributed by atoms with E-state index in [1.807, 2.05) is 11.8 Å². The number of amides is 1. The fourth-order valence-corrected chi connectivity index (χ4v) is 2.31. The van der Waals surface area contributed by atoms with Gasteiger partial charge in [0.1, 0.15) is 4.60 Å². The molecular formula is C13H17BrN2O2. The van der Waals surface area contributed by atoms with Crippen LogP contribution in [-0.4, -0.2) is 42.1 Å². The van der Waals surface area contributed by atoms with Gasteiger partial charge >= 0.3 is 0 Å². The third-order valence-electron chi connectivity index (χ3n) is 3.15. The van der Waals surface area contributed by atoms with E-state index < -0.39 is 0 Å². The number of rotatable bonds is 4. The SMILES string of the molecule is CCN(CC1CCOC1)C(=O)c1ccc(Br)nc1. The Labute approximate surface area is 115 Å². The molecule has 2 heterocycles. The molecule has 0 radical (unpaired) electrons. The number of nitrogens with zero attached hydrogens (tertiary/aromatic N) is 2. The lowest BCUT2D eigenvalue weighted by Gasteiger charge is -2.23. The van der Waals surface area contributed by atoms with Crippen LogP contribution < -0.4 is 0 Å². The summed E-state index contributed by atoms with van der Waals surface area (Å²) in [7, 11) is 0. The first-order chi connectivity index (χ1) is 8.70. The second-order valence-electron chi connectivity index (χ2n) is 4.44. The molecule has 2 rings (SSSR count). The van der Waals surface area contributed by atoms with E-state index in [0.717, 1.165) is 30.8 Å². The van der Waals surface area contributed by atoms with Gasteiger partial charge in [0, 0.05) is 31.8 Å². The first-order valence-electron chi connectivity index (χ1n) is 6.19. The normalized spacial score (nSPS) is 18.9. The number of halogens is 1. The highest BCUT2D eigenvalue weighted by Gasteiger charge is 2.22. The van der Waals surface area contributed by atoms with Gasteiger partial charge in [0.15, 0.2) is 0 Å². The summed E-state index contributed by atoms with van der Waals surface area (Å²) in [6.07, 6.45) is 2.66. The predicted octanol–water partition coefficient (Wildman–Crippen LogP) is 2.34. The van der Waals surface area contributed by atoms with Gasteiger partial charge in [0.05, 0.1) is 12.2 Å². The summed E-state index contributed by atoms with van der Waals surface area (Å²) in [5.74, 6) is 0.515. The number of pyridine rings is 1. The molecule has 1 aliphatic rings. The lowest BCUT2D eigenvalue weighted by atomic mass is 10.1. The Morgan fingerprint density at radius 2 is 2.44 bits per heavy atom. The first-order valence-corrected chi connectivity index (χ1v) is 6.98. The van der Waals surface area contributed by atoms with Gasteiger partial charge in [-0.15, -0.1) is 0 Å². The van der Waals surface area contributed by atoms with Crippen molar-refractivity contribution in [2.75, 3.05) is 26.3 Å². The van der Waals surface area contributed by atoms with E-state index in [2.05, 4.69) is 20.9 Å². The van der Waals surface area contributed by atoms with Crippen molar-refractivity contribution in [3.05, 3.63) is 28.5 Å². The van der Waals surface area contributed by atoms with Gasteiger partial charge in [-0.1, -0.05) is 0 Å². The van der Waals surface area contributed by atoms with Gasteiger partial charge in [0.25, 0.3) is 5.91 Å². The van der Waals surface area contributed by atoms with Crippen LogP contribution in [0.25, 0.3) is 0 Å². The minimum absolute atomic E-state index is 0.0457. The maximum Gasteiger partial charge on any atom is 0.255 e. The molecule has 0 aromatic carbocycles. The summed E-state index contributed by atoms with van der Waals surface area (Å²) in [5.41, 5.74) is 0.638. The zero-order valence-electron chi connectivity index (χ0n) is 10.4. The Morgan fingerprint density at radius 1 is 1.61 bits per heavy atom. The second-order valence-corrected chi connectivity index (χ2v) is 5.26. The first kappa shape index (κ1) is 13.5. The minimum Gasteiger partial charge on any atom is -0.381 e. The molecule has 0 spiro atoms. The van der Waals surface area contributed by atoms with Gasteiger partial charge in [-0.25, -0.2) is 4.98 Å². The Balaban J connectivity index is 2.02. The zero-order valence-corrected chi connectivity index (χ0v) is 12.0. The van der Waals surface area contributed by atoms with Gasteiger partial charge in [-0.05, 0) is 41.4 Å². The lowest BCUT2D eigenvalue weighted by Crippen LogP contribution is -2.35. The Morgan fingerprint density at radius 3 is 3.00 bits per heavy atom. The molecule has 4 nitrogen and oxygen atoms in total. The Hall–Kier alpha value is -0.940. The van der Waals surface area contributed by atoms with Crippen molar-refractivity contribution in [1.82, 2.24) is 9.88 Å². The third-order valence-corrected chi connectivity index (χ3v) is 3.61. The molecule has 1 unspecified atom stereocenters. The highest BCUT2D eigenvalue weighted by Crippen LogP contribution is 2.16. The molecule has 0 bridgehead atoms. The summed E-state index contributed by atoms with van der Waals surface area (Å²) in [6, 6.07) is 3.59. The number of ether oxygens (including phenoxy) is 1. The number of carbonyl (C=O) groups excluding carboxylic acids is 1. The molecule has 1 atom stereocenters. The smallest absolute Gasteiger partial charge is 0.255 e. The van der Waals surface area contributed by atoms with E-state index >= 15 is 0 Å². The molecule has 98 valence electrons. The zero-order chi connectivity index (χ0) is 13.0. The number of hydrogen-bond acceptors (Lipinski definition) is 3. The molecular weight excluding hydrogens is 296 g/mol. The van der Waals surface area contributed by atoms with Crippen LogP contribution in [0.5, 0.6) is 0 Å². The molecule has 0 aliphatic carbocycles. The predicted molar refractivity (Wildman–Crippen MR) is 72.4 cm³/mol. The van der Waals surface area contributed by atoms with Crippen LogP contribution in [0.2, 0.25) is 0 Å². The van der Waals surface area contributed by atoms with Crippen LogP contribution in [-0.2, 0) is 4.74 Å². The van der Waals surface area contributed by atoms with Crippen LogP contribution in [0.3, 0.4) is 0 Å². The van der Waals surface area contributed by atoms with E-state index in [9.17, 15) is 4.79 Å². The van der Waals surface area contributed by atoms with Crippen LogP contribution in [0, 0.1) is 5.92 Å². The van der Waals surface area contributed by atoms with Gasteiger partial charge in [0.2, 0.25) is 0 Å². The average Bonchev–Trinajstić information content (AvgIpc) is 2.89. The summed E-state index contributed by atoms with van der Waals surface area (Å²) < 4.78 is 6.09. The molecule has 1 aliphatic heterocycles. The molecule has 18 heavy (non-hydrogen) atoms. The molecule has 0 N–H and O–H groups in total. The van der Waals surface area contributed by atoms with Crippen molar-refractivity contribution in [2.24, 2.45) is 5.92 Å². The monoisotopic (exact) mass is 312 g/mol. The highest BCUT2D eigenvalue weighted by molar-refractivity contribution is 9.10. The molecule has 1 aromatic heterocycles. The quantitative estimate of drug-likeness (QED) is 0.801. The molecule has 1 aromatic rings. The fraction of sp³-hybridized carbons (Fsp3) is 0.538. The fourth-order valence-electron chi connectivity index (χ4n) is 2.08. The summed E-state index contributed by atoms with van der Waals surface area (Å²) in [4.78, 5) is 18.3. The second kappa shape index (κ2) is 6.29. The van der Waals surface area contributed by atoms with Crippen molar-refractivity contribution in [3.8, 4) is 0 Å². The van der Waals surface area contributed by atoms with Crippen LogP contribution in [0.4, 0.5) is 0 Å². The van der Waals surface area contributed by atoms with Crippen molar-refractivity contribution >= 4 is 21.8 Å². The van der Waals surface area contributed by atoms with Crippen LogP contribution in [0.1, 0.15) is 23.7 Å². The number of hydrogen-bond donors (Lipinski definition) is 0. The maximum atomic E-state index is 12.3. The van der Waals surface area contributed by atoms with Gasteiger partial charge in [-0.3, -0.25) is 4.79 Å². The minimum atomic E-state index is 0.0457. The third kappa shape index (κ3) is 3.29. The van der Waals surface area contributed by atoms with Gasteiger partial charge in [-0.2, -0.15) is 0 Å². The Kier molecular flexibility index (Phi) is 4.72. The van der Waals surface area contributed by atoms with Crippen molar-refractivity contribution < 1.29 is 9.53 Å². The number of carbonyl (C=O) groups is 1. The lowest BCUT2D eigenvalue weighted by molar-refractivity contribution is 0.0730. The van der Waals surface area contributed by atoms with Crippen LogP contribution in [0.15, 0.2) is 22.9 Å².